The molecule has 2 aliphatic rings. The van der Waals surface area contributed by atoms with Crippen molar-refractivity contribution in [1.82, 2.24) is 0 Å². The summed E-state index contributed by atoms with van der Waals surface area (Å²) in [5.74, 6) is 0.249. The van der Waals surface area contributed by atoms with E-state index in [0.29, 0.717) is 17.9 Å². The van der Waals surface area contributed by atoms with Crippen LogP contribution in [0.1, 0.15) is 0 Å². The molecule has 2 aliphatic heterocycles. The second-order valence-corrected chi connectivity index (χ2v) is 4.04. The van der Waals surface area contributed by atoms with Gasteiger partial charge >= 0.3 is 0 Å². The van der Waals surface area contributed by atoms with Gasteiger partial charge in [0.1, 0.15) is 18.0 Å². The van der Waals surface area contributed by atoms with Crippen LogP contribution in [0.5, 0.6) is 5.75 Å². The fourth-order valence-corrected chi connectivity index (χ4v) is 1.13. The fourth-order valence-electron chi connectivity index (χ4n) is 1.13. The van der Waals surface area contributed by atoms with Crippen molar-refractivity contribution < 1.29 is 19.3 Å². The van der Waals surface area contributed by atoms with Crippen LogP contribution >= 0.6 is 0 Å². The monoisotopic (exact) mass is 239 g/mol. The Bertz CT molecular complexity index is 300. The molecule has 0 amide bonds. The highest BCUT2D eigenvalue weighted by Gasteiger charge is 2.26. The van der Waals surface area contributed by atoms with Crippen LogP contribution in [0.2, 0.25) is 0 Å². The molecule has 0 spiro atoms. The first-order valence-electron chi connectivity index (χ1n) is 5.59. The molecule has 0 saturated carbocycles. The van der Waals surface area contributed by atoms with Gasteiger partial charge in [0, 0.05) is 5.69 Å². The predicted octanol–water partition coefficient (Wildman–Crippen LogP) is 0.775. The number of ether oxygens (including phenoxy) is 3. The van der Waals surface area contributed by atoms with Crippen LogP contribution in [0.3, 0.4) is 0 Å². The zero-order valence-corrected chi connectivity index (χ0v) is 9.54. The van der Waals surface area contributed by atoms with Crippen LogP contribution < -0.4 is 5.73 Å². The summed E-state index contributed by atoms with van der Waals surface area (Å²) < 4.78 is 15.1. The molecule has 5 heteroatoms. The topological polar surface area (TPSA) is 80.5 Å². The molecular weight excluding hydrogens is 222 g/mol. The first kappa shape index (κ1) is 12.2. The highest BCUT2D eigenvalue weighted by Crippen LogP contribution is 2.12. The molecule has 94 valence electrons. The minimum absolute atomic E-state index is 0.249. The maximum atomic E-state index is 8.70. The van der Waals surface area contributed by atoms with Crippen molar-refractivity contribution in [2.24, 2.45) is 0 Å². The number of benzene rings is 1. The Morgan fingerprint density at radius 2 is 1.59 bits per heavy atom. The van der Waals surface area contributed by atoms with E-state index in [2.05, 4.69) is 0 Å². The van der Waals surface area contributed by atoms with Crippen LogP contribution in [0.4, 0.5) is 5.69 Å². The van der Waals surface area contributed by atoms with E-state index in [4.69, 9.17) is 25.1 Å². The first-order valence-corrected chi connectivity index (χ1v) is 5.59. The third-order valence-corrected chi connectivity index (χ3v) is 2.31. The third-order valence-electron chi connectivity index (χ3n) is 2.31. The summed E-state index contributed by atoms with van der Waals surface area (Å²) in [6.07, 6.45) is 0.785. The predicted molar refractivity (Wildman–Crippen MR) is 62.8 cm³/mol. The minimum atomic E-state index is 0.249. The van der Waals surface area contributed by atoms with Crippen molar-refractivity contribution in [1.29, 1.82) is 0 Å². The molecule has 2 unspecified atom stereocenters. The van der Waals surface area contributed by atoms with E-state index < -0.39 is 0 Å². The van der Waals surface area contributed by atoms with E-state index in [-0.39, 0.29) is 5.75 Å². The molecule has 0 radical (unpaired) electrons. The average Bonchev–Trinajstić information content (AvgIpc) is 3.16. The lowest BCUT2D eigenvalue weighted by atomic mass is 10.3. The van der Waals surface area contributed by atoms with Crippen LogP contribution in [0, 0.1) is 0 Å². The standard InChI is InChI=1S/C6H7NO.C6H10O3/c7-5-1-3-6(8)4-2-5;1(5-3-8-5)7-2-6-4-9-6/h1-4,8H,7H2;5-6H,1-4H2. The molecule has 1 aromatic rings. The van der Waals surface area contributed by atoms with Gasteiger partial charge in [-0.25, -0.2) is 0 Å². The summed E-state index contributed by atoms with van der Waals surface area (Å²) in [7, 11) is 0. The molecule has 2 heterocycles. The number of phenolic OH excluding ortho intramolecular Hbond substituents is 1. The van der Waals surface area contributed by atoms with Crippen molar-refractivity contribution >= 4 is 5.69 Å². The third kappa shape index (κ3) is 5.53. The van der Waals surface area contributed by atoms with Crippen LogP contribution in [0.15, 0.2) is 24.3 Å². The Morgan fingerprint density at radius 3 is 1.94 bits per heavy atom. The molecule has 3 rings (SSSR count). The number of aromatic hydroxyl groups is 1. The van der Waals surface area contributed by atoms with Gasteiger partial charge in [0.15, 0.2) is 0 Å². The quantitative estimate of drug-likeness (QED) is 0.461. The van der Waals surface area contributed by atoms with Gasteiger partial charge in [-0.05, 0) is 24.3 Å². The molecule has 2 atom stereocenters. The fraction of sp³-hybridized carbons (Fsp3) is 0.500. The number of anilines is 1. The lowest BCUT2D eigenvalue weighted by Crippen LogP contribution is -2.06. The van der Waals surface area contributed by atoms with E-state index >= 15 is 0 Å². The Balaban J connectivity index is 0.000000128. The summed E-state index contributed by atoms with van der Waals surface area (Å²) >= 11 is 0. The van der Waals surface area contributed by atoms with E-state index in [9.17, 15) is 0 Å². The molecular formula is C12H17NO4. The van der Waals surface area contributed by atoms with Gasteiger partial charge in [0.2, 0.25) is 0 Å². The van der Waals surface area contributed by atoms with E-state index in [0.717, 1.165) is 26.4 Å². The minimum Gasteiger partial charge on any atom is -0.508 e. The van der Waals surface area contributed by atoms with Gasteiger partial charge < -0.3 is 25.1 Å². The van der Waals surface area contributed by atoms with Crippen molar-refractivity contribution in [3.63, 3.8) is 0 Å². The number of hydrogen-bond acceptors (Lipinski definition) is 5. The smallest absolute Gasteiger partial charge is 0.115 e. The van der Waals surface area contributed by atoms with Crippen molar-refractivity contribution in [3.05, 3.63) is 24.3 Å². The summed E-state index contributed by atoms with van der Waals surface area (Å²) in [6, 6.07) is 6.40. The molecule has 17 heavy (non-hydrogen) atoms. The summed E-state index contributed by atoms with van der Waals surface area (Å²) in [5.41, 5.74) is 5.98. The molecule has 1 aromatic carbocycles. The maximum absolute atomic E-state index is 8.70. The summed E-state index contributed by atoms with van der Waals surface area (Å²) in [4.78, 5) is 0. The molecule has 0 aliphatic carbocycles. The van der Waals surface area contributed by atoms with Gasteiger partial charge in [-0.1, -0.05) is 0 Å². The second-order valence-electron chi connectivity index (χ2n) is 4.04. The Labute approximate surface area is 100 Å². The van der Waals surface area contributed by atoms with Crippen molar-refractivity contribution in [2.75, 3.05) is 32.2 Å². The van der Waals surface area contributed by atoms with Gasteiger partial charge in [-0.2, -0.15) is 0 Å². The van der Waals surface area contributed by atoms with Gasteiger partial charge in [0.05, 0.1) is 26.4 Å². The Kier molecular flexibility index (Phi) is 4.19. The van der Waals surface area contributed by atoms with Gasteiger partial charge in [-0.3, -0.25) is 0 Å². The van der Waals surface area contributed by atoms with Crippen LogP contribution in [-0.4, -0.2) is 43.7 Å². The Morgan fingerprint density at radius 1 is 1.12 bits per heavy atom. The highest BCUT2D eigenvalue weighted by atomic mass is 16.6. The largest absolute Gasteiger partial charge is 0.508 e. The molecule has 3 N–H and O–H groups in total. The summed E-state index contributed by atoms with van der Waals surface area (Å²) in [5, 5.41) is 8.70. The van der Waals surface area contributed by atoms with E-state index in [1.165, 1.54) is 0 Å². The SMILES string of the molecule is C(OCC1CO1)C1CO1.Nc1ccc(O)cc1. The normalized spacial score (nSPS) is 24.7. The van der Waals surface area contributed by atoms with Crippen molar-refractivity contribution in [2.45, 2.75) is 12.2 Å². The molecule has 2 saturated heterocycles. The number of nitrogen functional groups attached to an aromatic ring is 1. The first-order chi connectivity index (χ1) is 8.24. The van der Waals surface area contributed by atoms with E-state index in [1.54, 1.807) is 24.3 Å². The maximum Gasteiger partial charge on any atom is 0.115 e. The lowest BCUT2D eigenvalue weighted by molar-refractivity contribution is 0.102. The molecule has 5 nitrogen and oxygen atoms in total. The Hall–Kier alpha value is -1.30. The van der Waals surface area contributed by atoms with Crippen molar-refractivity contribution in [3.8, 4) is 5.75 Å². The van der Waals surface area contributed by atoms with Crippen LogP contribution in [-0.2, 0) is 14.2 Å². The number of rotatable bonds is 4. The van der Waals surface area contributed by atoms with Gasteiger partial charge in [-0.15, -0.1) is 0 Å². The van der Waals surface area contributed by atoms with Gasteiger partial charge in [0.25, 0.3) is 0 Å². The number of nitrogens with two attached hydrogens (primary N) is 1. The molecule has 0 aromatic heterocycles. The molecule has 2 fully saturated rings. The second kappa shape index (κ2) is 5.86. The summed E-state index contributed by atoms with van der Waals surface area (Å²) in [6.45, 7) is 3.26. The number of hydrogen-bond donors (Lipinski definition) is 2. The van der Waals surface area contributed by atoms with E-state index in [1.807, 2.05) is 0 Å². The molecule has 0 bridgehead atoms. The zero-order valence-electron chi connectivity index (χ0n) is 9.54. The highest BCUT2D eigenvalue weighted by molar-refractivity contribution is 5.40. The zero-order chi connectivity index (χ0) is 12.1. The number of epoxide rings is 2. The number of phenols is 1. The van der Waals surface area contributed by atoms with Crippen LogP contribution in [0.25, 0.3) is 0 Å². The average molecular weight is 239 g/mol. The lowest BCUT2D eigenvalue weighted by Gasteiger charge is -1.95.